The number of rotatable bonds is 2. The molecule has 0 aliphatic carbocycles. The van der Waals surface area contributed by atoms with Crippen molar-refractivity contribution < 1.29 is 19.2 Å². The van der Waals surface area contributed by atoms with Crippen molar-refractivity contribution in [3.63, 3.8) is 0 Å². The number of imide groups is 1. The number of nitro groups is 1. The Labute approximate surface area is 139 Å². The van der Waals surface area contributed by atoms with Crippen LogP contribution in [0.5, 0.6) is 0 Å². The minimum Gasteiger partial charge on any atom is -0.362 e. The SMILES string of the molecule is C[C@@]12C=C[C@H](O1)[C@@H]1C(=O)N(c3ccc(Br)cc3[N+](=O)[O-])C(=O)[C@@H]12. The number of ether oxygens (including phenoxy) is 1. The molecule has 2 fully saturated rings. The molecule has 8 heteroatoms. The van der Waals surface area contributed by atoms with Crippen LogP contribution in [0.2, 0.25) is 0 Å². The van der Waals surface area contributed by atoms with Crippen LogP contribution in [0.4, 0.5) is 11.4 Å². The summed E-state index contributed by atoms with van der Waals surface area (Å²) in [7, 11) is 0. The van der Waals surface area contributed by atoms with Gasteiger partial charge in [0.05, 0.1) is 28.5 Å². The normalized spacial score (nSPS) is 34.3. The van der Waals surface area contributed by atoms with E-state index in [0.717, 1.165) is 4.90 Å². The Morgan fingerprint density at radius 3 is 2.74 bits per heavy atom. The molecule has 2 saturated heterocycles. The molecule has 0 spiro atoms. The number of halogens is 1. The maximum atomic E-state index is 12.8. The van der Waals surface area contributed by atoms with E-state index in [1.165, 1.54) is 12.1 Å². The standard InChI is InChI=1S/C15H11BrN2O5/c1-15-5-4-10(23-15)11-12(15)14(20)17(13(11)19)8-3-2-7(16)6-9(8)18(21)22/h2-6,10-12H,1H3/t10-,11-,12+,15-/m0/s1. The van der Waals surface area contributed by atoms with Crippen LogP contribution in [0.3, 0.4) is 0 Å². The number of hydrogen-bond donors (Lipinski definition) is 0. The number of nitro benzene ring substituents is 1. The van der Waals surface area contributed by atoms with Gasteiger partial charge in [-0.2, -0.15) is 0 Å². The smallest absolute Gasteiger partial charge is 0.294 e. The summed E-state index contributed by atoms with van der Waals surface area (Å²) in [5.41, 5.74) is -1.10. The van der Waals surface area contributed by atoms with Gasteiger partial charge < -0.3 is 4.74 Å². The molecule has 4 rings (SSSR count). The molecule has 23 heavy (non-hydrogen) atoms. The van der Waals surface area contributed by atoms with Crippen molar-refractivity contribution >= 4 is 39.1 Å². The lowest BCUT2D eigenvalue weighted by atomic mass is 9.78. The van der Waals surface area contributed by atoms with Crippen LogP contribution >= 0.6 is 15.9 Å². The van der Waals surface area contributed by atoms with Gasteiger partial charge in [0.25, 0.3) is 5.69 Å². The third-order valence-electron chi connectivity index (χ3n) is 4.70. The fourth-order valence-corrected chi connectivity index (χ4v) is 4.07. The third-order valence-corrected chi connectivity index (χ3v) is 5.20. The van der Waals surface area contributed by atoms with Crippen LogP contribution in [-0.4, -0.2) is 28.4 Å². The highest BCUT2D eigenvalue weighted by Crippen LogP contribution is 2.53. The van der Waals surface area contributed by atoms with Crippen LogP contribution in [0, 0.1) is 22.0 Å². The Hall–Kier alpha value is -2.06. The summed E-state index contributed by atoms with van der Waals surface area (Å²) in [5.74, 6) is -2.13. The number of benzene rings is 1. The first-order valence-corrected chi connectivity index (χ1v) is 7.82. The maximum absolute atomic E-state index is 12.8. The molecule has 3 aliphatic rings. The van der Waals surface area contributed by atoms with Gasteiger partial charge in [-0.15, -0.1) is 0 Å². The number of amides is 2. The van der Waals surface area contributed by atoms with Gasteiger partial charge in [-0.1, -0.05) is 28.1 Å². The van der Waals surface area contributed by atoms with Gasteiger partial charge >= 0.3 is 0 Å². The highest BCUT2D eigenvalue weighted by Gasteiger charge is 2.66. The maximum Gasteiger partial charge on any atom is 0.294 e. The first-order valence-electron chi connectivity index (χ1n) is 7.02. The summed E-state index contributed by atoms with van der Waals surface area (Å²) >= 11 is 3.17. The van der Waals surface area contributed by atoms with E-state index >= 15 is 0 Å². The van der Waals surface area contributed by atoms with Gasteiger partial charge in [-0.25, -0.2) is 4.90 Å². The Morgan fingerprint density at radius 2 is 2.09 bits per heavy atom. The number of carbonyl (C=O) groups is 2. The first-order chi connectivity index (χ1) is 10.8. The lowest BCUT2D eigenvalue weighted by molar-refractivity contribution is -0.384. The summed E-state index contributed by atoms with van der Waals surface area (Å²) < 4.78 is 6.23. The lowest BCUT2D eigenvalue weighted by Gasteiger charge is -2.24. The van der Waals surface area contributed by atoms with Crippen LogP contribution in [0.25, 0.3) is 0 Å². The van der Waals surface area contributed by atoms with Crippen molar-refractivity contribution in [2.45, 2.75) is 18.6 Å². The zero-order valence-corrected chi connectivity index (χ0v) is 13.5. The van der Waals surface area contributed by atoms with Gasteiger partial charge in [0.1, 0.15) is 5.69 Å². The minimum atomic E-state index is -0.818. The van der Waals surface area contributed by atoms with Crippen LogP contribution < -0.4 is 4.90 Å². The van der Waals surface area contributed by atoms with Crippen molar-refractivity contribution in [3.8, 4) is 0 Å². The summed E-state index contributed by atoms with van der Waals surface area (Å²) in [6.45, 7) is 1.76. The van der Waals surface area contributed by atoms with Crippen LogP contribution in [0.15, 0.2) is 34.8 Å². The zero-order chi connectivity index (χ0) is 16.5. The monoisotopic (exact) mass is 378 g/mol. The van der Waals surface area contributed by atoms with E-state index < -0.39 is 40.3 Å². The number of nitrogens with zero attached hydrogens (tertiary/aromatic N) is 2. The second kappa shape index (κ2) is 4.48. The van der Waals surface area contributed by atoms with Gasteiger partial charge in [0.2, 0.25) is 11.8 Å². The Balaban J connectivity index is 1.83. The molecule has 1 aromatic carbocycles. The predicted molar refractivity (Wildman–Crippen MR) is 82.7 cm³/mol. The van der Waals surface area contributed by atoms with E-state index in [2.05, 4.69) is 15.9 Å². The molecule has 0 N–H and O–H groups in total. The average molecular weight is 379 g/mol. The zero-order valence-electron chi connectivity index (χ0n) is 11.9. The number of carbonyl (C=O) groups excluding carboxylic acids is 2. The third kappa shape index (κ3) is 1.79. The van der Waals surface area contributed by atoms with E-state index in [-0.39, 0.29) is 11.4 Å². The quantitative estimate of drug-likeness (QED) is 0.340. The van der Waals surface area contributed by atoms with Crippen molar-refractivity contribution in [2.24, 2.45) is 11.8 Å². The molecule has 0 aromatic heterocycles. The van der Waals surface area contributed by atoms with Crippen molar-refractivity contribution in [2.75, 3.05) is 4.90 Å². The molecule has 0 saturated carbocycles. The molecule has 7 nitrogen and oxygen atoms in total. The van der Waals surface area contributed by atoms with E-state index in [9.17, 15) is 19.7 Å². The van der Waals surface area contributed by atoms with Gasteiger partial charge in [-0.3, -0.25) is 19.7 Å². The van der Waals surface area contributed by atoms with Gasteiger partial charge in [0, 0.05) is 10.5 Å². The second-order valence-corrected chi connectivity index (χ2v) is 6.95. The summed E-state index contributed by atoms with van der Waals surface area (Å²) in [6.07, 6.45) is 3.14. The molecule has 0 unspecified atom stereocenters. The Bertz CT molecular complexity index is 807. The molecule has 2 amide bonds. The molecule has 0 radical (unpaired) electrons. The fourth-order valence-electron chi connectivity index (χ4n) is 3.72. The lowest BCUT2D eigenvalue weighted by Crippen LogP contribution is -2.38. The van der Waals surface area contributed by atoms with E-state index in [0.29, 0.717) is 4.47 Å². The Kier molecular flexibility index (Phi) is 2.83. The molecular formula is C15H11BrN2O5. The largest absolute Gasteiger partial charge is 0.362 e. The fraction of sp³-hybridized carbons (Fsp3) is 0.333. The van der Waals surface area contributed by atoms with Crippen LogP contribution in [0.1, 0.15) is 6.92 Å². The highest BCUT2D eigenvalue weighted by molar-refractivity contribution is 9.10. The predicted octanol–water partition coefficient (Wildman–Crippen LogP) is 2.19. The second-order valence-electron chi connectivity index (χ2n) is 6.03. The molecule has 2 bridgehead atoms. The molecule has 3 heterocycles. The number of fused-ring (bicyclic) bond motifs is 5. The number of anilines is 1. The summed E-state index contributed by atoms with van der Waals surface area (Å²) in [6, 6.07) is 4.27. The van der Waals surface area contributed by atoms with Crippen LogP contribution in [-0.2, 0) is 14.3 Å². The first kappa shape index (κ1) is 14.5. The van der Waals surface area contributed by atoms with E-state index in [1.54, 1.807) is 25.1 Å². The van der Waals surface area contributed by atoms with E-state index in [4.69, 9.17) is 4.74 Å². The van der Waals surface area contributed by atoms with Gasteiger partial charge in [-0.05, 0) is 19.1 Å². The highest BCUT2D eigenvalue weighted by atomic mass is 79.9. The molecule has 1 aromatic rings. The van der Waals surface area contributed by atoms with Crippen molar-refractivity contribution in [3.05, 3.63) is 44.9 Å². The summed E-state index contributed by atoms with van der Waals surface area (Å²) in [5, 5.41) is 11.3. The molecular weight excluding hydrogens is 368 g/mol. The average Bonchev–Trinajstić information content (AvgIpc) is 3.09. The molecule has 4 atom stereocenters. The van der Waals surface area contributed by atoms with Crippen molar-refractivity contribution in [1.82, 2.24) is 0 Å². The topological polar surface area (TPSA) is 89.8 Å². The van der Waals surface area contributed by atoms with Gasteiger partial charge in [0.15, 0.2) is 0 Å². The van der Waals surface area contributed by atoms with Crippen molar-refractivity contribution in [1.29, 1.82) is 0 Å². The summed E-state index contributed by atoms with van der Waals surface area (Å²) in [4.78, 5) is 37.2. The minimum absolute atomic E-state index is 0.00519. The number of hydrogen-bond acceptors (Lipinski definition) is 5. The van der Waals surface area contributed by atoms with E-state index in [1.807, 2.05) is 0 Å². The molecule has 118 valence electrons. The Morgan fingerprint density at radius 1 is 1.35 bits per heavy atom. The molecule has 3 aliphatic heterocycles.